The van der Waals surface area contributed by atoms with Gasteiger partial charge in [0.05, 0.1) is 36.5 Å². The number of alkyl halides is 3. The Morgan fingerprint density at radius 1 is 1.18 bits per heavy atom. The zero-order valence-corrected chi connectivity index (χ0v) is 21.5. The fourth-order valence-corrected chi connectivity index (χ4v) is 5.21. The minimum absolute atomic E-state index is 0.0206. The van der Waals surface area contributed by atoms with Crippen molar-refractivity contribution in [1.29, 1.82) is 0 Å². The van der Waals surface area contributed by atoms with Crippen molar-refractivity contribution in [2.75, 3.05) is 18.6 Å². The molecule has 0 amide bonds. The van der Waals surface area contributed by atoms with Gasteiger partial charge in [-0.2, -0.15) is 13.2 Å². The molecule has 3 N–H and O–H groups in total. The highest BCUT2D eigenvalue weighted by atomic mass is 19.4. The number of benzene rings is 2. The number of phenolic OH excluding ortho intramolecular Hbond substituents is 1. The molecule has 0 unspecified atom stereocenters. The van der Waals surface area contributed by atoms with Crippen LogP contribution in [0.15, 0.2) is 65.1 Å². The van der Waals surface area contributed by atoms with E-state index in [1.165, 1.54) is 48.4 Å². The maximum atomic E-state index is 14.1. The second-order valence-corrected chi connectivity index (χ2v) is 10.0. The average Bonchev–Trinajstić information content (AvgIpc) is 2.82. The number of hydrogen-bond donors (Lipinski definition) is 2. The highest BCUT2D eigenvalue weighted by Crippen LogP contribution is 2.52. The van der Waals surface area contributed by atoms with E-state index in [9.17, 15) is 27.9 Å². The molecule has 4 rings (SSSR count). The number of phenols is 1. The van der Waals surface area contributed by atoms with Gasteiger partial charge in [-0.25, -0.2) is 4.79 Å². The molecule has 7 nitrogen and oxygen atoms in total. The monoisotopic (exact) mass is 530 g/mol. The number of anilines is 1. The molecule has 2 aromatic carbocycles. The van der Waals surface area contributed by atoms with Gasteiger partial charge in [0.25, 0.3) is 0 Å². The van der Waals surface area contributed by atoms with Crippen LogP contribution in [0, 0.1) is 5.41 Å². The molecule has 0 radical (unpaired) electrons. The van der Waals surface area contributed by atoms with Gasteiger partial charge in [0.1, 0.15) is 5.82 Å². The third kappa shape index (κ3) is 4.70. The van der Waals surface area contributed by atoms with Gasteiger partial charge in [-0.1, -0.05) is 32.0 Å². The van der Waals surface area contributed by atoms with Crippen molar-refractivity contribution in [3.05, 3.63) is 76.3 Å². The van der Waals surface area contributed by atoms with Gasteiger partial charge in [0.2, 0.25) is 0 Å². The number of para-hydroxylation sites is 1. The summed E-state index contributed by atoms with van der Waals surface area (Å²) in [6.07, 6.45) is -4.39. The number of allylic oxidation sites excluding steroid dienone is 2. The minimum atomic E-state index is -4.73. The highest BCUT2D eigenvalue weighted by molar-refractivity contribution is 6.05. The van der Waals surface area contributed by atoms with Crippen LogP contribution in [0.5, 0.6) is 11.5 Å². The van der Waals surface area contributed by atoms with E-state index < -0.39 is 29.0 Å². The summed E-state index contributed by atoms with van der Waals surface area (Å²) in [6.45, 7) is 5.27. The molecule has 1 aliphatic heterocycles. The van der Waals surface area contributed by atoms with E-state index in [0.29, 0.717) is 5.56 Å². The van der Waals surface area contributed by atoms with Crippen molar-refractivity contribution in [2.45, 2.75) is 45.7 Å². The third-order valence-corrected chi connectivity index (χ3v) is 6.74. The number of hydrogen-bond acceptors (Lipinski definition) is 7. The van der Waals surface area contributed by atoms with Gasteiger partial charge in [-0.05, 0) is 48.6 Å². The lowest BCUT2D eigenvalue weighted by atomic mass is 9.68. The Morgan fingerprint density at radius 2 is 1.87 bits per heavy atom. The number of rotatable bonds is 5. The number of methoxy groups -OCH3 is 1. The predicted molar refractivity (Wildman–Crippen MR) is 134 cm³/mol. The number of esters is 1. The topological polar surface area (TPSA) is 102 Å². The molecule has 2 aromatic rings. The van der Waals surface area contributed by atoms with Crippen LogP contribution in [-0.2, 0) is 20.5 Å². The van der Waals surface area contributed by atoms with Crippen molar-refractivity contribution in [1.82, 2.24) is 0 Å². The van der Waals surface area contributed by atoms with E-state index in [-0.39, 0.29) is 65.1 Å². The SMILES string of the molecule is CCOC(=O)C1=C(N)N(c2ccccc2C(F)(F)F)C2=C(C(=O)CC(C)(C)C2)[C@H]1c1ccc(O)c(OC)c1. The maximum Gasteiger partial charge on any atom is 0.418 e. The van der Waals surface area contributed by atoms with Crippen LogP contribution in [0.4, 0.5) is 18.9 Å². The molecular weight excluding hydrogens is 501 g/mol. The van der Waals surface area contributed by atoms with Gasteiger partial charge < -0.3 is 20.3 Å². The zero-order chi connectivity index (χ0) is 28.0. The number of Topliss-reactive ketones (excluding diaryl/α,β-unsaturated/α-hetero) is 1. The van der Waals surface area contributed by atoms with E-state index in [1.807, 2.05) is 13.8 Å². The molecule has 0 spiro atoms. The number of carbonyl (C=O) groups is 2. The normalized spacial score (nSPS) is 19.4. The van der Waals surface area contributed by atoms with Crippen molar-refractivity contribution < 1.29 is 37.3 Å². The van der Waals surface area contributed by atoms with Crippen LogP contribution >= 0.6 is 0 Å². The van der Waals surface area contributed by atoms with Gasteiger partial charge in [0, 0.05) is 17.7 Å². The van der Waals surface area contributed by atoms with E-state index in [1.54, 1.807) is 6.92 Å². The Bertz CT molecular complexity index is 1360. The van der Waals surface area contributed by atoms with Crippen LogP contribution in [0.25, 0.3) is 0 Å². The Morgan fingerprint density at radius 3 is 2.50 bits per heavy atom. The molecule has 1 atom stereocenters. The summed E-state index contributed by atoms with van der Waals surface area (Å²) < 4.78 is 52.9. The van der Waals surface area contributed by atoms with Crippen LogP contribution in [0.2, 0.25) is 0 Å². The summed E-state index contributed by atoms with van der Waals surface area (Å²) in [4.78, 5) is 28.3. The lowest BCUT2D eigenvalue weighted by Crippen LogP contribution is -2.44. The molecule has 202 valence electrons. The second-order valence-electron chi connectivity index (χ2n) is 10.0. The number of carbonyl (C=O) groups excluding carboxylic acids is 2. The average molecular weight is 531 g/mol. The quantitative estimate of drug-likeness (QED) is 0.499. The largest absolute Gasteiger partial charge is 0.504 e. The Hall–Kier alpha value is -3.95. The van der Waals surface area contributed by atoms with E-state index >= 15 is 0 Å². The number of ether oxygens (including phenoxy) is 2. The fourth-order valence-electron chi connectivity index (χ4n) is 5.21. The third-order valence-electron chi connectivity index (χ3n) is 6.74. The lowest BCUT2D eigenvalue weighted by molar-refractivity contribution is -0.139. The van der Waals surface area contributed by atoms with Gasteiger partial charge in [0.15, 0.2) is 17.3 Å². The molecule has 1 heterocycles. The minimum Gasteiger partial charge on any atom is -0.504 e. The van der Waals surface area contributed by atoms with Crippen LogP contribution < -0.4 is 15.4 Å². The molecular formula is C28H29F3N2O5. The standard InChI is InChI=1S/C28H29F3N2O5/c1-5-38-26(36)24-22(15-10-11-19(34)21(12-15)37-4)23-18(13-27(2,3)14-20(23)35)33(25(24)32)17-9-7-6-8-16(17)28(29,30)31/h6-12,22,34H,5,13-14,32H2,1-4H3/t22-/m1/s1. The molecule has 1 aliphatic carbocycles. The molecule has 38 heavy (non-hydrogen) atoms. The summed E-state index contributed by atoms with van der Waals surface area (Å²) in [7, 11) is 1.35. The summed E-state index contributed by atoms with van der Waals surface area (Å²) in [5.74, 6) is -2.55. The molecule has 0 saturated heterocycles. The van der Waals surface area contributed by atoms with Gasteiger partial charge in [-0.15, -0.1) is 0 Å². The van der Waals surface area contributed by atoms with E-state index in [4.69, 9.17) is 15.2 Å². The number of nitrogens with zero attached hydrogens (tertiary/aromatic N) is 1. The Balaban J connectivity index is 2.09. The molecule has 0 fully saturated rings. The summed E-state index contributed by atoms with van der Waals surface area (Å²) in [6, 6.07) is 9.25. The molecule has 2 aliphatic rings. The Labute approximate surface area is 218 Å². The van der Waals surface area contributed by atoms with E-state index in [2.05, 4.69) is 0 Å². The second kappa shape index (κ2) is 9.74. The molecule has 0 bridgehead atoms. The first kappa shape index (κ1) is 27.1. The van der Waals surface area contributed by atoms with Gasteiger partial charge in [-0.3, -0.25) is 9.69 Å². The number of nitrogens with two attached hydrogens (primary N) is 1. The predicted octanol–water partition coefficient (Wildman–Crippen LogP) is 5.40. The molecule has 0 saturated carbocycles. The number of aromatic hydroxyl groups is 1. The number of halogens is 3. The fraction of sp³-hybridized carbons (Fsp3) is 0.357. The highest BCUT2D eigenvalue weighted by Gasteiger charge is 2.48. The van der Waals surface area contributed by atoms with Crippen LogP contribution in [0.1, 0.15) is 50.7 Å². The molecule has 0 aromatic heterocycles. The maximum absolute atomic E-state index is 14.1. The van der Waals surface area contributed by atoms with Crippen molar-refractivity contribution in [2.24, 2.45) is 11.1 Å². The van der Waals surface area contributed by atoms with Crippen LogP contribution in [-0.4, -0.2) is 30.6 Å². The first-order valence-corrected chi connectivity index (χ1v) is 12.1. The van der Waals surface area contributed by atoms with Crippen molar-refractivity contribution in [3.8, 4) is 11.5 Å². The zero-order valence-electron chi connectivity index (χ0n) is 21.5. The summed E-state index contributed by atoms with van der Waals surface area (Å²) >= 11 is 0. The van der Waals surface area contributed by atoms with Crippen LogP contribution in [0.3, 0.4) is 0 Å². The lowest BCUT2D eigenvalue weighted by Gasteiger charge is -2.44. The van der Waals surface area contributed by atoms with Crippen molar-refractivity contribution in [3.63, 3.8) is 0 Å². The first-order valence-electron chi connectivity index (χ1n) is 12.1. The number of ketones is 1. The molecule has 10 heteroatoms. The smallest absolute Gasteiger partial charge is 0.418 e. The first-order chi connectivity index (χ1) is 17.8. The van der Waals surface area contributed by atoms with Crippen molar-refractivity contribution >= 4 is 17.4 Å². The van der Waals surface area contributed by atoms with Gasteiger partial charge >= 0.3 is 12.1 Å². The van der Waals surface area contributed by atoms with E-state index in [0.717, 1.165) is 6.07 Å². The summed E-state index contributed by atoms with van der Waals surface area (Å²) in [5.41, 5.74) is 5.42. The summed E-state index contributed by atoms with van der Waals surface area (Å²) in [5, 5.41) is 10.1. The Kier molecular flexibility index (Phi) is 6.94.